The lowest BCUT2D eigenvalue weighted by molar-refractivity contribution is -0.134. The molecule has 30 heavy (non-hydrogen) atoms. The summed E-state index contributed by atoms with van der Waals surface area (Å²) in [4.78, 5) is 28.5. The van der Waals surface area contributed by atoms with Crippen molar-refractivity contribution in [1.29, 1.82) is 0 Å². The van der Waals surface area contributed by atoms with Crippen LogP contribution in [0.3, 0.4) is 0 Å². The molecule has 9 heteroatoms. The molecule has 1 aromatic carbocycles. The second-order valence-corrected chi connectivity index (χ2v) is 7.32. The number of carbonyl (C=O) groups excluding carboxylic acids is 2. The van der Waals surface area contributed by atoms with Gasteiger partial charge >= 0.3 is 0 Å². The van der Waals surface area contributed by atoms with Crippen LogP contribution in [0.15, 0.2) is 59.3 Å². The minimum atomic E-state index is -0.175. The average Bonchev–Trinajstić information content (AvgIpc) is 3.45. The summed E-state index contributed by atoms with van der Waals surface area (Å²) < 4.78 is 12.9. The van der Waals surface area contributed by atoms with Gasteiger partial charge < -0.3 is 19.0 Å². The van der Waals surface area contributed by atoms with Gasteiger partial charge in [-0.15, -0.1) is 0 Å². The Hall–Kier alpha value is -3.26. The lowest BCUT2D eigenvalue weighted by Gasteiger charge is -2.34. The van der Waals surface area contributed by atoms with Gasteiger partial charge in [0.25, 0.3) is 11.8 Å². The van der Waals surface area contributed by atoms with E-state index in [1.165, 1.54) is 0 Å². The first kappa shape index (κ1) is 20.0. The first-order chi connectivity index (χ1) is 14.6. The third kappa shape index (κ3) is 4.83. The van der Waals surface area contributed by atoms with Crippen LogP contribution in [0.4, 0.5) is 0 Å². The van der Waals surface area contributed by atoms with E-state index in [1.54, 1.807) is 57.1 Å². The minimum Gasteiger partial charge on any atom is -0.484 e. The van der Waals surface area contributed by atoms with Gasteiger partial charge in [0.05, 0.1) is 6.54 Å². The number of ether oxygens (including phenoxy) is 1. The molecule has 2 aromatic heterocycles. The van der Waals surface area contributed by atoms with Gasteiger partial charge in [0.2, 0.25) is 0 Å². The Bertz CT molecular complexity index is 992. The Kier molecular flexibility index (Phi) is 6.04. The van der Waals surface area contributed by atoms with Crippen molar-refractivity contribution in [2.45, 2.75) is 6.54 Å². The summed E-state index contributed by atoms with van der Waals surface area (Å²) in [5, 5.41) is 4.74. The van der Waals surface area contributed by atoms with Gasteiger partial charge in [-0.2, -0.15) is 5.10 Å². The summed E-state index contributed by atoms with van der Waals surface area (Å²) in [6.07, 6.45) is 3.52. The standard InChI is InChI=1S/C21H21ClN4O4/c22-16-2-4-17(5-3-16)29-15-20(27)24-10-12-25(13-11-24)21(28)19-7-6-18(30-19)14-26-9-1-8-23-26/h1-9H,10-15H2. The van der Waals surface area contributed by atoms with Crippen molar-refractivity contribution in [3.05, 3.63) is 71.4 Å². The molecule has 3 heterocycles. The lowest BCUT2D eigenvalue weighted by atomic mass is 10.3. The highest BCUT2D eigenvalue weighted by Gasteiger charge is 2.26. The van der Waals surface area contributed by atoms with E-state index < -0.39 is 0 Å². The number of nitrogens with zero attached hydrogens (tertiary/aromatic N) is 4. The summed E-state index contributed by atoms with van der Waals surface area (Å²) in [6.45, 7) is 2.22. The van der Waals surface area contributed by atoms with Crippen molar-refractivity contribution in [3.8, 4) is 5.75 Å². The first-order valence-corrected chi connectivity index (χ1v) is 9.98. The maximum atomic E-state index is 12.7. The molecular weight excluding hydrogens is 408 g/mol. The van der Waals surface area contributed by atoms with E-state index >= 15 is 0 Å². The number of benzene rings is 1. The Balaban J connectivity index is 1.25. The summed E-state index contributed by atoms with van der Waals surface area (Å²) >= 11 is 5.84. The van der Waals surface area contributed by atoms with Crippen LogP contribution in [-0.2, 0) is 11.3 Å². The number of hydrogen-bond donors (Lipinski definition) is 0. The molecule has 0 radical (unpaired) electrons. The Labute approximate surface area is 178 Å². The van der Waals surface area contributed by atoms with Gasteiger partial charge in [-0.05, 0) is 42.5 Å². The molecule has 0 aliphatic carbocycles. The maximum absolute atomic E-state index is 12.7. The summed E-state index contributed by atoms with van der Waals surface area (Å²) in [5.41, 5.74) is 0. The van der Waals surface area contributed by atoms with Crippen LogP contribution in [-0.4, -0.2) is 64.2 Å². The van der Waals surface area contributed by atoms with Crippen molar-refractivity contribution in [2.75, 3.05) is 32.8 Å². The molecule has 0 spiro atoms. The number of carbonyl (C=O) groups is 2. The van der Waals surface area contributed by atoms with Crippen LogP contribution in [0.2, 0.25) is 5.02 Å². The van der Waals surface area contributed by atoms with Gasteiger partial charge in [0.15, 0.2) is 12.4 Å². The SMILES string of the molecule is O=C(COc1ccc(Cl)cc1)N1CCN(C(=O)c2ccc(Cn3cccn3)o2)CC1. The highest BCUT2D eigenvalue weighted by molar-refractivity contribution is 6.30. The molecule has 0 saturated carbocycles. The second kappa shape index (κ2) is 9.04. The molecule has 1 fully saturated rings. The van der Waals surface area contributed by atoms with Gasteiger partial charge in [-0.25, -0.2) is 0 Å². The summed E-state index contributed by atoms with van der Waals surface area (Å²) in [7, 11) is 0. The van der Waals surface area contributed by atoms with E-state index in [2.05, 4.69) is 5.10 Å². The molecule has 1 aliphatic rings. The number of rotatable bonds is 6. The van der Waals surface area contributed by atoms with Crippen LogP contribution in [0.1, 0.15) is 16.3 Å². The molecule has 8 nitrogen and oxygen atoms in total. The van der Waals surface area contributed by atoms with E-state index in [9.17, 15) is 9.59 Å². The molecule has 4 rings (SSSR count). The molecule has 0 unspecified atom stereocenters. The number of aromatic nitrogens is 2. The predicted octanol–water partition coefficient (Wildman–Crippen LogP) is 2.54. The zero-order valence-corrected chi connectivity index (χ0v) is 17.0. The zero-order valence-electron chi connectivity index (χ0n) is 16.2. The topological polar surface area (TPSA) is 80.8 Å². The van der Waals surface area contributed by atoms with Crippen molar-refractivity contribution >= 4 is 23.4 Å². The van der Waals surface area contributed by atoms with Crippen molar-refractivity contribution < 1.29 is 18.7 Å². The molecule has 156 valence electrons. The molecule has 0 N–H and O–H groups in total. The largest absolute Gasteiger partial charge is 0.484 e. The molecule has 3 aromatic rings. The highest BCUT2D eigenvalue weighted by atomic mass is 35.5. The van der Waals surface area contributed by atoms with Crippen LogP contribution in [0.5, 0.6) is 5.75 Å². The van der Waals surface area contributed by atoms with Crippen molar-refractivity contribution in [1.82, 2.24) is 19.6 Å². The van der Waals surface area contributed by atoms with Crippen molar-refractivity contribution in [2.24, 2.45) is 0 Å². The Morgan fingerprint density at radius 1 is 1.03 bits per heavy atom. The van der Waals surface area contributed by atoms with E-state index in [-0.39, 0.29) is 18.4 Å². The number of hydrogen-bond acceptors (Lipinski definition) is 5. The Morgan fingerprint density at radius 2 is 1.77 bits per heavy atom. The van der Waals surface area contributed by atoms with Gasteiger partial charge in [-0.3, -0.25) is 14.3 Å². The van der Waals surface area contributed by atoms with Crippen molar-refractivity contribution in [3.63, 3.8) is 0 Å². The first-order valence-electron chi connectivity index (χ1n) is 9.60. The monoisotopic (exact) mass is 428 g/mol. The molecule has 1 saturated heterocycles. The van der Waals surface area contributed by atoms with Gasteiger partial charge in [-0.1, -0.05) is 11.6 Å². The predicted molar refractivity (Wildman–Crippen MR) is 109 cm³/mol. The number of halogens is 1. The van der Waals surface area contributed by atoms with Gasteiger partial charge in [0.1, 0.15) is 11.5 Å². The molecule has 1 aliphatic heterocycles. The summed E-state index contributed by atoms with van der Waals surface area (Å²) in [6, 6.07) is 12.1. The third-order valence-corrected chi connectivity index (χ3v) is 5.10. The number of amides is 2. The van der Waals surface area contributed by atoms with E-state index in [1.807, 2.05) is 12.3 Å². The average molecular weight is 429 g/mol. The number of piperazine rings is 1. The summed E-state index contributed by atoms with van der Waals surface area (Å²) in [5.74, 6) is 1.26. The second-order valence-electron chi connectivity index (χ2n) is 6.89. The quantitative estimate of drug-likeness (QED) is 0.602. The number of furan rings is 1. The fourth-order valence-electron chi connectivity index (χ4n) is 3.21. The third-order valence-electron chi connectivity index (χ3n) is 4.85. The lowest BCUT2D eigenvalue weighted by Crippen LogP contribution is -2.51. The van der Waals surface area contributed by atoms with E-state index in [4.69, 9.17) is 20.8 Å². The molecule has 2 amide bonds. The minimum absolute atomic E-state index is 0.0510. The maximum Gasteiger partial charge on any atom is 0.289 e. The normalized spacial score (nSPS) is 14.0. The highest BCUT2D eigenvalue weighted by Crippen LogP contribution is 2.16. The Morgan fingerprint density at radius 3 is 2.47 bits per heavy atom. The smallest absolute Gasteiger partial charge is 0.289 e. The van der Waals surface area contributed by atoms with Gasteiger partial charge in [0, 0.05) is 43.6 Å². The fourth-order valence-corrected chi connectivity index (χ4v) is 3.34. The zero-order chi connectivity index (χ0) is 20.9. The van der Waals surface area contributed by atoms with Crippen LogP contribution < -0.4 is 4.74 Å². The van der Waals surface area contributed by atoms with E-state index in [0.29, 0.717) is 55.0 Å². The molecular formula is C21H21ClN4O4. The molecule has 0 atom stereocenters. The van der Waals surface area contributed by atoms with Crippen LogP contribution >= 0.6 is 11.6 Å². The van der Waals surface area contributed by atoms with Crippen LogP contribution in [0, 0.1) is 0 Å². The fraction of sp³-hybridized carbons (Fsp3) is 0.286. The molecule has 0 bridgehead atoms. The van der Waals surface area contributed by atoms with E-state index in [0.717, 1.165) is 0 Å². The van der Waals surface area contributed by atoms with Crippen LogP contribution in [0.25, 0.3) is 0 Å².